The van der Waals surface area contributed by atoms with Gasteiger partial charge in [0.15, 0.2) is 16.3 Å². The Morgan fingerprint density at radius 2 is 1.73 bits per heavy atom. The molecule has 1 N–H and O–H groups in total. The molecule has 0 spiro atoms. The molecule has 8 nitrogen and oxygen atoms in total. The van der Waals surface area contributed by atoms with Crippen LogP contribution >= 0.6 is 11.8 Å². The SMILES string of the molecule is CCc1ccc(NC(=O)CSc2nc3nccnc3c(=O)n2Cc2ccc(OC)cc2)cc1. The zero-order valence-corrected chi connectivity index (χ0v) is 19.1. The van der Waals surface area contributed by atoms with Crippen molar-refractivity contribution in [1.29, 1.82) is 0 Å². The zero-order valence-electron chi connectivity index (χ0n) is 18.3. The Kier molecular flexibility index (Phi) is 6.99. The first-order valence-electron chi connectivity index (χ1n) is 10.4. The summed E-state index contributed by atoms with van der Waals surface area (Å²) in [5, 5.41) is 3.28. The van der Waals surface area contributed by atoms with Crippen LogP contribution in [0.3, 0.4) is 0 Å². The molecule has 33 heavy (non-hydrogen) atoms. The number of amides is 1. The average molecular weight is 462 g/mol. The lowest BCUT2D eigenvalue weighted by atomic mass is 10.1. The van der Waals surface area contributed by atoms with Crippen LogP contribution in [0.5, 0.6) is 5.75 Å². The fourth-order valence-electron chi connectivity index (χ4n) is 3.24. The van der Waals surface area contributed by atoms with Crippen LogP contribution in [0.4, 0.5) is 5.69 Å². The van der Waals surface area contributed by atoms with Crippen LogP contribution in [-0.4, -0.2) is 38.3 Å². The Morgan fingerprint density at radius 1 is 1.03 bits per heavy atom. The Labute approximate surface area is 195 Å². The van der Waals surface area contributed by atoms with Crippen molar-refractivity contribution >= 4 is 34.5 Å². The van der Waals surface area contributed by atoms with E-state index in [4.69, 9.17) is 4.74 Å². The van der Waals surface area contributed by atoms with Crippen molar-refractivity contribution in [1.82, 2.24) is 19.5 Å². The fourth-order valence-corrected chi connectivity index (χ4v) is 4.03. The van der Waals surface area contributed by atoms with Gasteiger partial charge in [-0.1, -0.05) is 43.0 Å². The largest absolute Gasteiger partial charge is 0.497 e. The summed E-state index contributed by atoms with van der Waals surface area (Å²) in [6, 6.07) is 15.2. The quantitative estimate of drug-likeness (QED) is 0.316. The second-order valence-corrected chi connectivity index (χ2v) is 8.19. The molecular weight excluding hydrogens is 438 g/mol. The number of thioether (sulfide) groups is 1. The molecule has 0 saturated heterocycles. The lowest BCUT2D eigenvalue weighted by Gasteiger charge is -2.13. The summed E-state index contributed by atoms with van der Waals surface area (Å²) in [5.74, 6) is 0.636. The van der Waals surface area contributed by atoms with Gasteiger partial charge in [0.1, 0.15) is 5.75 Å². The molecule has 2 aromatic heterocycles. The van der Waals surface area contributed by atoms with Crippen molar-refractivity contribution < 1.29 is 9.53 Å². The topological polar surface area (TPSA) is 99.0 Å². The van der Waals surface area contributed by atoms with Gasteiger partial charge in [-0.15, -0.1) is 0 Å². The predicted octanol–water partition coefficient (Wildman–Crippen LogP) is 3.54. The summed E-state index contributed by atoms with van der Waals surface area (Å²) in [7, 11) is 1.60. The van der Waals surface area contributed by atoms with Crippen molar-refractivity contribution in [2.24, 2.45) is 0 Å². The molecule has 0 radical (unpaired) electrons. The monoisotopic (exact) mass is 461 g/mol. The number of carbonyl (C=O) groups excluding carboxylic acids is 1. The number of anilines is 1. The first-order chi connectivity index (χ1) is 16.1. The highest BCUT2D eigenvalue weighted by molar-refractivity contribution is 7.99. The number of nitrogens with one attached hydrogen (secondary N) is 1. The van der Waals surface area contributed by atoms with Gasteiger partial charge in [-0.2, -0.15) is 0 Å². The third kappa shape index (κ3) is 5.38. The van der Waals surface area contributed by atoms with E-state index in [0.717, 1.165) is 23.4 Å². The fraction of sp³-hybridized carbons (Fsp3) is 0.208. The highest BCUT2D eigenvalue weighted by Crippen LogP contribution is 2.19. The van der Waals surface area contributed by atoms with Gasteiger partial charge < -0.3 is 10.1 Å². The highest BCUT2D eigenvalue weighted by atomic mass is 32.2. The number of hydrogen-bond acceptors (Lipinski definition) is 7. The molecule has 0 fully saturated rings. The van der Waals surface area contributed by atoms with Crippen LogP contribution in [0.1, 0.15) is 18.1 Å². The molecule has 0 aliphatic rings. The van der Waals surface area contributed by atoms with Crippen molar-refractivity contribution in [3.63, 3.8) is 0 Å². The first kappa shape index (κ1) is 22.5. The standard InChI is InChI=1S/C24H23N5O3S/c1-3-16-4-8-18(9-5-16)27-20(30)15-33-24-28-22-21(25-12-13-26-22)23(31)29(24)14-17-6-10-19(32-2)11-7-17/h4-13H,3,14-15H2,1-2H3,(H,27,30). The Bertz CT molecular complexity index is 1320. The molecule has 2 heterocycles. The second kappa shape index (κ2) is 10.3. The number of rotatable bonds is 8. The number of hydrogen-bond donors (Lipinski definition) is 1. The van der Waals surface area contributed by atoms with Crippen LogP contribution in [0.2, 0.25) is 0 Å². The van der Waals surface area contributed by atoms with Crippen molar-refractivity contribution in [2.45, 2.75) is 25.0 Å². The van der Waals surface area contributed by atoms with Gasteiger partial charge in [0.25, 0.3) is 5.56 Å². The third-order valence-electron chi connectivity index (χ3n) is 5.04. The van der Waals surface area contributed by atoms with E-state index in [2.05, 4.69) is 27.2 Å². The molecule has 0 saturated carbocycles. The van der Waals surface area contributed by atoms with Crippen LogP contribution in [0, 0.1) is 0 Å². The van der Waals surface area contributed by atoms with Crippen LogP contribution < -0.4 is 15.6 Å². The maximum absolute atomic E-state index is 13.2. The van der Waals surface area contributed by atoms with E-state index in [9.17, 15) is 9.59 Å². The minimum absolute atomic E-state index is 0.0936. The van der Waals surface area contributed by atoms with Gasteiger partial charge in [0.2, 0.25) is 5.91 Å². The number of methoxy groups -OCH3 is 1. The maximum atomic E-state index is 13.2. The Morgan fingerprint density at radius 3 is 2.42 bits per heavy atom. The molecular formula is C24H23N5O3S. The zero-order chi connectivity index (χ0) is 23.2. The van der Waals surface area contributed by atoms with E-state index >= 15 is 0 Å². The van der Waals surface area contributed by atoms with Crippen molar-refractivity contribution in [3.8, 4) is 5.75 Å². The van der Waals surface area contributed by atoms with Crippen molar-refractivity contribution in [3.05, 3.63) is 82.4 Å². The van der Waals surface area contributed by atoms with E-state index in [-0.39, 0.29) is 34.9 Å². The molecule has 0 aliphatic heterocycles. The maximum Gasteiger partial charge on any atom is 0.282 e. The predicted molar refractivity (Wildman–Crippen MR) is 129 cm³/mol. The van der Waals surface area contributed by atoms with Gasteiger partial charge in [-0.05, 0) is 41.8 Å². The normalized spacial score (nSPS) is 10.8. The summed E-state index contributed by atoms with van der Waals surface area (Å²) in [5.41, 5.74) is 2.96. The Balaban J connectivity index is 1.57. The van der Waals surface area contributed by atoms with E-state index in [1.165, 1.54) is 34.3 Å². The summed E-state index contributed by atoms with van der Waals surface area (Å²) < 4.78 is 6.72. The summed E-state index contributed by atoms with van der Waals surface area (Å²) >= 11 is 1.19. The molecule has 0 unspecified atom stereocenters. The van der Waals surface area contributed by atoms with Crippen LogP contribution in [-0.2, 0) is 17.8 Å². The molecule has 2 aromatic carbocycles. The summed E-state index contributed by atoms with van der Waals surface area (Å²) in [4.78, 5) is 38.5. The van der Waals surface area contributed by atoms with Gasteiger partial charge in [0.05, 0.1) is 19.4 Å². The van der Waals surface area contributed by atoms with E-state index in [1.807, 2.05) is 48.5 Å². The minimum atomic E-state index is -0.304. The smallest absolute Gasteiger partial charge is 0.282 e. The molecule has 0 aliphatic carbocycles. The average Bonchev–Trinajstić information content (AvgIpc) is 2.85. The number of carbonyl (C=O) groups is 1. The Hall–Kier alpha value is -3.72. The molecule has 168 valence electrons. The number of aryl methyl sites for hydroxylation is 1. The van der Waals surface area contributed by atoms with E-state index < -0.39 is 0 Å². The van der Waals surface area contributed by atoms with Crippen molar-refractivity contribution in [2.75, 3.05) is 18.2 Å². The summed E-state index contributed by atoms with van der Waals surface area (Å²) in [6.07, 6.45) is 3.89. The molecule has 4 rings (SSSR count). The lowest BCUT2D eigenvalue weighted by molar-refractivity contribution is -0.113. The number of fused-ring (bicyclic) bond motifs is 1. The third-order valence-corrected chi connectivity index (χ3v) is 6.01. The van der Waals surface area contributed by atoms with Gasteiger partial charge in [-0.25, -0.2) is 15.0 Å². The molecule has 1 amide bonds. The number of nitrogens with zero attached hydrogens (tertiary/aromatic N) is 4. The minimum Gasteiger partial charge on any atom is -0.497 e. The summed E-state index contributed by atoms with van der Waals surface area (Å²) in [6.45, 7) is 2.36. The lowest BCUT2D eigenvalue weighted by Crippen LogP contribution is -2.25. The first-order valence-corrected chi connectivity index (χ1v) is 11.4. The highest BCUT2D eigenvalue weighted by Gasteiger charge is 2.15. The van der Waals surface area contributed by atoms with E-state index in [0.29, 0.717) is 5.16 Å². The van der Waals surface area contributed by atoms with Gasteiger partial charge >= 0.3 is 0 Å². The molecule has 4 aromatic rings. The second-order valence-electron chi connectivity index (χ2n) is 7.25. The van der Waals surface area contributed by atoms with E-state index in [1.54, 1.807) is 7.11 Å². The number of benzene rings is 2. The number of ether oxygens (including phenoxy) is 1. The van der Waals surface area contributed by atoms with Crippen LogP contribution in [0.25, 0.3) is 11.2 Å². The molecule has 0 bridgehead atoms. The van der Waals surface area contributed by atoms with Gasteiger partial charge in [-0.3, -0.25) is 14.2 Å². The van der Waals surface area contributed by atoms with Gasteiger partial charge in [0, 0.05) is 18.1 Å². The molecule has 9 heteroatoms. The molecule has 0 atom stereocenters. The number of aromatic nitrogens is 4. The van der Waals surface area contributed by atoms with Crippen LogP contribution in [0.15, 0.2) is 70.9 Å².